The van der Waals surface area contributed by atoms with Gasteiger partial charge in [-0.2, -0.15) is 0 Å². The van der Waals surface area contributed by atoms with Crippen molar-refractivity contribution in [3.8, 4) is 5.75 Å². The van der Waals surface area contributed by atoms with Gasteiger partial charge in [0.1, 0.15) is 18.4 Å². The predicted molar refractivity (Wildman–Crippen MR) is 130 cm³/mol. The van der Waals surface area contributed by atoms with Crippen LogP contribution in [0.3, 0.4) is 0 Å². The van der Waals surface area contributed by atoms with Crippen molar-refractivity contribution in [2.75, 3.05) is 33.7 Å². The Labute approximate surface area is 197 Å². The number of benzene rings is 1. The van der Waals surface area contributed by atoms with E-state index in [0.29, 0.717) is 23.9 Å². The molecule has 1 fully saturated rings. The number of nitrogens with one attached hydrogen (secondary N) is 1. The molecule has 1 amide bonds. The molecule has 1 N–H and O–H groups in total. The number of para-hydroxylation sites is 1. The highest BCUT2D eigenvalue weighted by molar-refractivity contribution is 14.0. The topological polar surface area (TPSA) is 57.2 Å². The third-order valence-electron chi connectivity index (χ3n) is 4.44. The highest BCUT2D eigenvalue weighted by atomic mass is 127. The van der Waals surface area contributed by atoms with E-state index in [0.717, 1.165) is 18.9 Å². The average molecular weight is 549 g/mol. The summed E-state index contributed by atoms with van der Waals surface area (Å²) in [6.45, 7) is 2.30. The number of rotatable bonds is 6. The second kappa shape index (κ2) is 11.6. The number of carbonyl (C=O) groups excluding carboxylic acids is 1. The monoisotopic (exact) mass is 548 g/mol. The van der Waals surface area contributed by atoms with Gasteiger partial charge in [0, 0.05) is 31.9 Å². The number of carbonyl (C=O) groups is 1. The Hall–Kier alpha value is -1.52. The van der Waals surface area contributed by atoms with Crippen LogP contribution in [-0.2, 0) is 11.3 Å². The highest BCUT2D eigenvalue weighted by Crippen LogP contribution is 2.26. The molecule has 1 aromatic carbocycles. The fraction of sp³-hybridized carbons (Fsp3) is 0.400. The normalized spacial score (nSPS) is 16.3. The number of aliphatic imine (C=N–C) groups is 1. The van der Waals surface area contributed by atoms with E-state index < -0.39 is 0 Å². The lowest BCUT2D eigenvalue weighted by molar-refractivity contribution is -0.127. The Kier molecular flexibility index (Phi) is 9.51. The Morgan fingerprint density at radius 3 is 2.83 bits per heavy atom. The Balaban J connectivity index is 0.00000300. The third kappa shape index (κ3) is 7.04. The maximum Gasteiger partial charge on any atom is 0.243 e. The van der Waals surface area contributed by atoms with Gasteiger partial charge >= 0.3 is 0 Å². The lowest BCUT2D eigenvalue weighted by Gasteiger charge is -2.22. The number of hydrogen-bond acceptors (Lipinski definition) is 4. The van der Waals surface area contributed by atoms with Gasteiger partial charge in [-0.1, -0.05) is 29.8 Å². The Morgan fingerprint density at radius 1 is 1.34 bits per heavy atom. The van der Waals surface area contributed by atoms with Crippen molar-refractivity contribution in [2.45, 2.75) is 19.1 Å². The van der Waals surface area contributed by atoms with Gasteiger partial charge in [-0.3, -0.25) is 4.79 Å². The number of ether oxygens (including phenoxy) is 1. The fourth-order valence-corrected chi connectivity index (χ4v) is 3.69. The zero-order valence-electron chi connectivity index (χ0n) is 16.5. The number of amides is 1. The molecule has 0 saturated carbocycles. The molecule has 1 saturated heterocycles. The minimum atomic E-state index is -0.0292. The van der Waals surface area contributed by atoms with Crippen molar-refractivity contribution in [2.24, 2.45) is 4.99 Å². The summed E-state index contributed by atoms with van der Waals surface area (Å²) in [7, 11) is 3.47. The van der Waals surface area contributed by atoms with Crippen LogP contribution in [0.4, 0.5) is 0 Å². The van der Waals surface area contributed by atoms with Gasteiger partial charge < -0.3 is 19.9 Å². The average Bonchev–Trinajstić information content (AvgIpc) is 3.35. The van der Waals surface area contributed by atoms with E-state index in [1.807, 2.05) is 35.7 Å². The van der Waals surface area contributed by atoms with E-state index >= 15 is 0 Å². The minimum Gasteiger partial charge on any atom is -0.487 e. The molecule has 2 heterocycles. The van der Waals surface area contributed by atoms with E-state index in [4.69, 9.17) is 16.3 Å². The molecule has 0 bridgehead atoms. The van der Waals surface area contributed by atoms with E-state index in [2.05, 4.69) is 21.3 Å². The molecule has 158 valence electrons. The molecule has 1 aliphatic heterocycles. The van der Waals surface area contributed by atoms with E-state index in [9.17, 15) is 4.79 Å². The molecule has 1 aliphatic rings. The summed E-state index contributed by atoms with van der Waals surface area (Å²) in [6.07, 6.45) is 0.894. The molecule has 0 spiro atoms. The van der Waals surface area contributed by atoms with Crippen molar-refractivity contribution in [1.29, 1.82) is 0 Å². The van der Waals surface area contributed by atoms with Gasteiger partial charge in [-0.15, -0.1) is 35.3 Å². The summed E-state index contributed by atoms with van der Waals surface area (Å²) in [5, 5.41) is 6.05. The van der Waals surface area contributed by atoms with Crippen molar-refractivity contribution < 1.29 is 9.53 Å². The van der Waals surface area contributed by atoms with Crippen LogP contribution in [0.25, 0.3) is 0 Å². The summed E-state index contributed by atoms with van der Waals surface area (Å²) in [6, 6.07) is 11.6. The second-order valence-corrected chi connectivity index (χ2v) is 8.21. The first kappa shape index (κ1) is 23.8. The van der Waals surface area contributed by atoms with Crippen LogP contribution in [0.15, 0.2) is 46.8 Å². The van der Waals surface area contributed by atoms with E-state index in [1.54, 1.807) is 30.3 Å². The van der Waals surface area contributed by atoms with Gasteiger partial charge in [0.25, 0.3) is 0 Å². The summed E-state index contributed by atoms with van der Waals surface area (Å²) < 4.78 is 6.07. The standard InChI is InChI=1S/C20H25ClN4O2S.HI/c1-24(2)19(26)13-23-20(22-12-16-6-5-11-28-16)25-10-9-15(14-25)27-18-8-4-3-7-17(18)21;/h3-8,11,15H,9-10,12-14H2,1-2H3,(H,22,23);1H. The van der Waals surface area contributed by atoms with Crippen molar-refractivity contribution in [3.63, 3.8) is 0 Å². The van der Waals surface area contributed by atoms with Crippen LogP contribution >= 0.6 is 46.9 Å². The first-order valence-corrected chi connectivity index (χ1v) is 10.5. The number of nitrogens with zero attached hydrogens (tertiary/aromatic N) is 3. The Bertz CT molecular complexity index is 817. The molecule has 1 aromatic heterocycles. The number of likely N-dealkylation sites (N-methyl/N-ethyl adjacent to an activating group) is 1. The lowest BCUT2D eigenvalue weighted by atomic mass is 10.3. The van der Waals surface area contributed by atoms with E-state index in [1.165, 1.54) is 4.88 Å². The van der Waals surface area contributed by atoms with Gasteiger partial charge in [0.2, 0.25) is 5.91 Å². The minimum absolute atomic E-state index is 0. The molecule has 29 heavy (non-hydrogen) atoms. The number of hydrogen-bond donors (Lipinski definition) is 1. The molecule has 3 rings (SSSR count). The smallest absolute Gasteiger partial charge is 0.243 e. The van der Waals surface area contributed by atoms with Crippen LogP contribution < -0.4 is 10.1 Å². The van der Waals surface area contributed by atoms with Crippen LogP contribution in [0.5, 0.6) is 5.75 Å². The van der Waals surface area contributed by atoms with Gasteiger partial charge in [-0.25, -0.2) is 4.99 Å². The highest BCUT2D eigenvalue weighted by Gasteiger charge is 2.27. The summed E-state index contributed by atoms with van der Waals surface area (Å²) in [5.41, 5.74) is 0. The number of likely N-dealkylation sites (tertiary alicyclic amines) is 1. The molecule has 2 aromatic rings. The molecule has 0 radical (unpaired) electrons. The largest absolute Gasteiger partial charge is 0.487 e. The molecule has 1 atom stereocenters. The van der Waals surface area contributed by atoms with Crippen molar-refractivity contribution in [3.05, 3.63) is 51.7 Å². The van der Waals surface area contributed by atoms with Crippen LogP contribution in [0, 0.1) is 0 Å². The number of halogens is 2. The van der Waals surface area contributed by atoms with Crippen LogP contribution in [-0.4, -0.2) is 61.5 Å². The van der Waals surface area contributed by atoms with Crippen molar-refractivity contribution >= 4 is 58.8 Å². The zero-order chi connectivity index (χ0) is 19.9. The Morgan fingerprint density at radius 2 is 2.14 bits per heavy atom. The summed E-state index contributed by atoms with van der Waals surface area (Å²) in [4.78, 5) is 21.4. The van der Waals surface area contributed by atoms with E-state index in [-0.39, 0.29) is 42.5 Å². The summed E-state index contributed by atoms with van der Waals surface area (Å²) in [5.74, 6) is 1.40. The van der Waals surface area contributed by atoms with Gasteiger partial charge in [0.05, 0.1) is 18.1 Å². The van der Waals surface area contributed by atoms with Gasteiger partial charge in [0.15, 0.2) is 5.96 Å². The zero-order valence-corrected chi connectivity index (χ0v) is 20.4. The lowest BCUT2D eigenvalue weighted by Crippen LogP contribution is -2.41. The molecule has 0 aliphatic carbocycles. The second-order valence-electron chi connectivity index (χ2n) is 6.77. The predicted octanol–water partition coefficient (Wildman–Crippen LogP) is 3.71. The maximum atomic E-state index is 12.0. The van der Waals surface area contributed by atoms with Gasteiger partial charge in [-0.05, 0) is 23.6 Å². The first-order valence-electron chi connectivity index (χ1n) is 9.20. The molecule has 9 heteroatoms. The maximum absolute atomic E-state index is 12.0. The van der Waals surface area contributed by atoms with Crippen LogP contribution in [0.2, 0.25) is 5.02 Å². The molecule has 6 nitrogen and oxygen atoms in total. The first-order chi connectivity index (χ1) is 13.5. The quantitative estimate of drug-likeness (QED) is 0.340. The number of guanidine groups is 1. The summed E-state index contributed by atoms with van der Waals surface area (Å²) >= 11 is 7.90. The molecular formula is C20H26ClIN4O2S. The third-order valence-corrected chi connectivity index (χ3v) is 5.63. The number of thiophene rings is 1. The molecular weight excluding hydrogens is 523 g/mol. The SMILES string of the molecule is CN(C)C(=O)CN=C(NCc1cccs1)N1CCC(Oc2ccccc2Cl)C1.I. The van der Waals surface area contributed by atoms with Crippen LogP contribution in [0.1, 0.15) is 11.3 Å². The molecule has 1 unspecified atom stereocenters. The fourth-order valence-electron chi connectivity index (χ4n) is 2.87. The van der Waals surface area contributed by atoms with Crippen molar-refractivity contribution in [1.82, 2.24) is 15.1 Å².